The van der Waals surface area contributed by atoms with Gasteiger partial charge in [0.05, 0.1) is 16.0 Å². The highest BCUT2D eigenvalue weighted by molar-refractivity contribution is 9.10. The van der Waals surface area contributed by atoms with Crippen LogP contribution in [-0.4, -0.2) is 34.7 Å². The van der Waals surface area contributed by atoms with E-state index < -0.39 is 6.43 Å². The summed E-state index contributed by atoms with van der Waals surface area (Å²) in [4.78, 5) is 21.6. The number of benzene rings is 1. The minimum Gasteiger partial charge on any atom is -0.360 e. The fraction of sp³-hybridized carbons (Fsp3) is 0.300. The van der Waals surface area contributed by atoms with Crippen molar-refractivity contribution < 1.29 is 8.78 Å². The molecule has 0 radical (unpaired) electrons. The van der Waals surface area contributed by atoms with Crippen molar-refractivity contribution in [3.63, 3.8) is 0 Å². The Bertz CT molecular complexity index is 1240. The van der Waals surface area contributed by atoms with Gasteiger partial charge in [-0.05, 0) is 59.3 Å². The SMILES string of the molecule is C[C@H](Nc1ncnc2c(C3CC3)cc(C(F)F)cc12)c1ncnn1-c1ncc(Br)cn1. The minimum atomic E-state index is -2.56. The maximum atomic E-state index is 13.5. The number of alkyl halides is 2. The summed E-state index contributed by atoms with van der Waals surface area (Å²) in [5.41, 5.74) is 1.54. The van der Waals surface area contributed by atoms with Gasteiger partial charge in [-0.25, -0.2) is 33.7 Å². The number of rotatable bonds is 6. The first-order chi connectivity index (χ1) is 15.0. The molecule has 1 N–H and O–H groups in total. The van der Waals surface area contributed by atoms with E-state index in [0.717, 1.165) is 22.9 Å². The van der Waals surface area contributed by atoms with E-state index in [1.165, 1.54) is 23.4 Å². The Balaban J connectivity index is 1.53. The van der Waals surface area contributed by atoms with Crippen LogP contribution < -0.4 is 5.32 Å². The molecule has 0 saturated heterocycles. The van der Waals surface area contributed by atoms with Crippen molar-refractivity contribution in [2.24, 2.45) is 0 Å². The predicted octanol–water partition coefficient (Wildman–Crippen LogP) is 4.75. The topological polar surface area (TPSA) is 94.3 Å². The molecule has 31 heavy (non-hydrogen) atoms. The number of anilines is 1. The van der Waals surface area contributed by atoms with E-state index in [2.05, 4.69) is 51.3 Å². The van der Waals surface area contributed by atoms with Crippen LogP contribution in [0, 0.1) is 0 Å². The van der Waals surface area contributed by atoms with Gasteiger partial charge >= 0.3 is 0 Å². The number of nitrogens with zero attached hydrogens (tertiary/aromatic N) is 7. The maximum absolute atomic E-state index is 13.5. The second-order valence-electron chi connectivity index (χ2n) is 7.40. The summed E-state index contributed by atoms with van der Waals surface area (Å²) < 4.78 is 29.4. The minimum absolute atomic E-state index is 0.0219. The van der Waals surface area contributed by atoms with Gasteiger partial charge in [0.2, 0.25) is 0 Å². The third-order valence-electron chi connectivity index (χ3n) is 5.17. The third-order valence-corrected chi connectivity index (χ3v) is 5.58. The third kappa shape index (κ3) is 3.85. The number of halogens is 3. The van der Waals surface area contributed by atoms with Gasteiger partial charge in [-0.1, -0.05) is 0 Å². The maximum Gasteiger partial charge on any atom is 0.263 e. The molecule has 1 aliphatic carbocycles. The van der Waals surface area contributed by atoms with Gasteiger partial charge in [0, 0.05) is 23.3 Å². The van der Waals surface area contributed by atoms with E-state index in [1.807, 2.05) is 6.92 Å². The van der Waals surface area contributed by atoms with Crippen LogP contribution >= 0.6 is 15.9 Å². The molecule has 0 amide bonds. The first-order valence-corrected chi connectivity index (χ1v) is 10.5. The number of aromatic nitrogens is 7. The first-order valence-electron chi connectivity index (χ1n) is 9.72. The molecule has 158 valence electrons. The van der Waals surface area contributed by atoms with E-state index in [-0.39, 0.29) is 17.5 Å². The summed E-state index contributed by atoms with van der Waals surface area (Å²) in [6.07, 6.45) is 5.52. The van der Waals surface area contributed by atoms with Crippen molar-refractivity contribution in [3.05, 3.63) is 58.6 Å². The van der Waals surface area contributed by atoms with Crippen LogP contribution in [0.3, 0.4) is 0 Å². The molecule has 5 rings (SSSR count). The molecule has 0 aliphatic heterocycles. The molecule has 1 aliphatic rings. The highest BCUT2D eigenvalue weighted by Crippen LogP contribution is 2.44. The smallest absolute Gasteiger partial charge is 0.263 e. The molecule has 3 heterocycles. The summed E-state index contributed by atoms with van der Waals surface area (Å²) in [7, 11) is 0. The number of hydrogen-bond donors (Lipinski definition) is 1. The predicted molar refractivity (Wildman–Crippen MR) is 113 cm³/mol. The molecule has 1 fully saturated rings. The monoisotopic (exact) mass is 486 g/mol. The summed E-state index contributed by atoms with van der Waals surface area (Å²) in [6.45, 7) is 1.88. The average Bonchev–Trinajstić information content (AvgIpc) is 3.49. The normalized spacial score (nSPS) is 14.9. The molecule has 0 unspecified atom stereocenters. The van der Waals surface area contributed by atoms with Crippen LogP contribution in [0.25, 0.3) is 16.9 Å². The standard InChI is InChI=1S/C20H17BrF2N8/c1-10(19-28-9-29-31(19)20-24-6-13(21)7-25-20)30-18-15-5-12(17(22)23)4-14(11-2-3-11)16(15)26-8-27-18/h4-11,17H,2-3H2,1H3,(H,26,27,30)/t10-/m0/s1. The van der Waals surface area contributed by atoms with E-state index >= 15 is 0 Å². The van der Waals surface area contributed by atoms with Gasteiger partial charge in [0.15, 0.2) is 5.82 Å². The summed E-state index contributed by atoms with van der Waals surface area (Å²) in [5.74, 6) is 1.67. The van der Waals surface area contributed by atoms with Gasteiger partial charge in [0.1, 0.15) is 18.5 Å². The second kappa shape index (κ2) is 7.88. The molecule has 1 aromatic carbocycles. The van der Waals surface area contributed by atoms with E-state index in [0.29, 0.717) is 28.5 Å². The van der Waals surface area contributed by atoms with E-state index in [9.17, 15) is 8.78 Å². The molecule has 1 saturated carbocycles. The quantitative estimate of drug-likeness (QED) is 0.420. The van der Waals surface area contributed by atoms with Crippen molar-refractivity contribution in [3.8, 4) is 5.95 Å². The Morgan fingerprint density at radius 2 is 1.84 bits per heavy atom. The zero-order valence-corrected chi connectivity index (χ0v) is 18.0. The molecule has 3 aromatic heterocycles. The summed E-state index contributed by atoms with van der Waals surface area (Å²) >= 11 is 3.31. The lowest BCUT2D eigenvalue weighted by molar-refractivity contribution is 0.151. The molecule has 4 aromatic rings. The lowest BCUT2D eigenvalue weighted by Crippen LogP contribution is -2.16. The first kappa shape index (κ1) is 19.9. The van der Waals surface area contributed by atoms with E-state index in [4.69, 9.17) is 0 Å². The van der Waals surface area contributed by atoms with Crippen molar-refractivity contribution in [2.45, 2.75) is 38.2 Å². The van der Waals surface area contributed by atoms with Crippen molar-refractivity contribution >= 4 is 32.7 Å². The lowest BCUT2D eigenvalue weighted by atomic mass is 10.0. The molecule has 8 nitrogen and oxygen atoms in total. The Morgan fingerprint density at radius 3 is 2.55 bits per heavy atom. The van der Waals surface area contributed by atoms with Crippen LogP contribution in [-0.2, 0) is 0 Å². The average molecular weight is 487 g/mol. The van der Waals surface area contributed by atoms with Crippen molar-refractivity contribution in [2.75, 3.05) is 5.32 Å². The molecule has 1 atom stereocenters. The number of fused-ring (bicyclic) bond motifs is 1. The van der Waals surface area contributed by atoms with Gasteiger partial charge < -0.3 is 5.32 Å². The van der Waals surface area contributed by atoms with Crippen molar-refractivity contribution in [1.29, 1.82) is 0 Å². The molecule has 0 bridgehead atoms. The molecule has 11 heteroatoms. The highest BCUT2D eigenvalue weighted by Gasteiger charge is 2.28. The Kier molecular flexibility index (Phi) is 5.05. The Labute approximate surface area is 184 Å². The van der Waals surface area contributed by atoms with Crippen LogP contribution in [0.2, 0.25) is 0 Å². The number of hydrogen-bond acceptors (Lipinski definition) is 7. The lowest BCUT2D eigenvalue weighted by Gasteiger charge is -2.17. The van der Waals surface area contributed by atoms with Gasteiger partial charge in [0.25, 0.3) is 12.4 Å². The zero-order chi connectivity index (χ0) is 21.5. The van der Waals surface area contributed by atoms with E-state index in [1.54, 1.807) is 18.5 Å². The number of nitrogens with one attached hydrogen (secondary N) is 1. The fourth-order valence-corrected chi connectivity index (χ4v) is 3.75. The summed E-state index contributed by atoms with van der Waals surface area (Å²) in [5, 5.41) is 8.06. The molecule has 0 spiro atoms. The fourth-order valence-electron chi connectivity index (χ4n) is 3.55. The largest absolute Gasteiger partial charge is 0.360 e. The molecular formula is C20H17BrF2N8. The van der Waals surface area contributed by atoms with Crippen LogP contribution in [0.15, 0.2) is 41.7 Å². The van der Waals surface area contributed by atoms with Gasteiger partial charge in [-0.15, -0.1) is 0 Å². The van der Waals surface area contributed by atoms with Gasteiger partial charge in [-0.3, -0.25) is 0 Å². The zero-order valence-electron chi connectivity index (χ0n) is 16.4. The van der Waals surface area contributed by atoms with Crippen LogP contribution in [0.5, 0.6) is 0 Å². The van der Waals surface area contributed by atoms with Crippen molar-refractivity contribution in [1.82, 2.24) is 34.7 Å². The second-order valence-corrected chi connectivity index (χ2v) is 8.32. The summed E-state index contributed by atoms with van der Waals surface area (Å²) in [6, 6.07) is 2.68. The van der Waals surface area contributed by atoms with Gasteiger partial charge in [-0.2, -0.15) is 9.78 Å². The highest BCUT2D eigenvalue weighted by atomic mass is 79.9. The molecular weight excluding hydrogens is 470 g/mol. The van der Waals surface area contributed by atoms with Crippen LogP contribution in [0.1, 0.15) is 55.1 Å². The van der Waals surface area contributed by atoms with Crippen LogP contribution in [0.4, 0.5) is 14.6 Å². The Morgan fingerprint density at radius 1 is 1.06 bits per heavy atom. The Hall–Kier alpha value is -3.08.